The molecule has 0 aliphatic heterocycles. The molecule has 4 heteroatoms. The van der Waals surface area contributed by atoms with Crippen LogP contribution in [0, 0.1) is 0 Å². The minimum atomic E-state index is -2.04. The summed E-state index contributed by atoms with van der Waals surface area (Å²) in [6.07, 6.45) is 56.5. The number of hydrogen-bond donors (Lipinski definition) is 0. The molecule has 0 bridgehead atoms. The molecule has 54 heavy (non-hydrogen) atoms. The van der Waals surface area contributed by atoms with Gasteiger partial charge in [0, 0.05) is 0 Å². The molecule has 0 aromatic rings. The number of rotatable bonds is 48. The Morgan fingerprint density at radius 2 is 0.426 bits per heavy atom. The third kappa shape index (κ3) is 39.4. The summed E-state index contributed by atoms with van der Waals surface area (Å²) in [5.41, 5.74) is 0. The molecule has 0 saturated heterocycles. The van der Waals surface area contributed by atoms with Crippen LogP contribution in [0.3, 0.4) is 0 Å². The van der Waals surface area contributed by atoms with Crippen molar-refractivity contribution < 1.29 is 22.1 Å². The van der Waals surface area contributed by atoms with Crippen LogP contribution < -0.4 is 0 Å². The van der Waals surface area contributed by atoms with Crippen LogP contribution in [0.25, 0.3) is 0 Å². The van der Waals surface area contributed by atoms with Gasteiger partial charge in [0.2, 0.25) is 0 Å². The van der Waals surface area contributed by atoms with Crippen molar-refractivity contribution in [3.63, 3.8) is 0 Å². The van der Waals surface area contributed by atoms with Crippen LogP contribution in [0.15, 0.2) is 0 Å². The first kappa shape index (κ1) is 54.6. The Bertz CT molecular complexity index is 579. The molecular weight excluding hydrogens is 692 g/mol. The predicted octanol–water partition coefficient (Wildman–Crippen LogP) is 17.7. The molecule has 0 fully saturated rings. The fourth-order valence-corrected chi connectivity index (χ4v) is 12.0. The molecule has 0 aliphatic carbocycles. The van der Waals surface area contributed by atoms with E-state index in [1.165, 1.54) is 283 Å². The van der Waals surface area contributed by atoms with E-state index in [2.05, 4.69) is 41.4 Å². The summed E-state index contributed by atoms with van der Waals surface area (Å²) in [5, 5.41) is 0. The van der Waals surface area contributed by atoms with Gasteiger partial charge in [-0.3, -0.25) is 0 Å². The SMILES string of the molecule is CCCCCCCCCC[O][Ti]([N](CCCCCCCCCC)CCCCCCCCCC)[N](CCCCCCCCCC)CCCCCCCCCC. The second-order valence-corrected chi connectivity index (χ2v) is 20.8. The molecule has 0 amide bonds. The topological polar surface area (TPSA) is 15.7 Å². The van der Waals surface area contributed by atoms with Gasteiger partial charge in [0.15, 0.2) is 0 Å². The van der Waals surface area contributed by atoms with E-state index >= 15 is 0 Å². The molecule has 0 N–H and O–H groups in total. The Kier molecular flexibility index (Phi) is 48.5. The second kappa shape index (κ2) is 48.0. The normalized spacial score (nSPS) is 11.8. The number of nitrogens with zero attached hydrogens (tertiary/aromatic N) is 2. The first-order valence-electron chi connectivity index (χ1n) is 25.7. The Hall–Kier alpha value is 0.594. The van der Waals surface area contributed by atoms with Crippen molar-refractivity contribution in [2.45, 2.75) is 291 Å². The van der Waals surface area contributed by atoms with Crippen molar-refractivity contribution in [1.29, 1.82) is 0 Å². The van der Waals surface area contributed by atoms with Crippen LogP contribution >= 0.6 is 0 Å². The number of hydrogen-bond acceptors (Lipinski definition) is 3. The van der Waals surface area contributed by atoms with Gasteiger partial charge in [0.1, 0.15) is 0 Å². The van der Waals surface area contributed by atoms with Gasteiger partial charge in [-0.15, -0.1) is 0 Å². The molecule has 0 spiro atoms. The maximum atomic E-state index is 7.32. The molecule has 0 unspecified atom stereocenters. The van der Waals surface area contributed by atoms with Crippen molar-refractivity contribution in [3.8, 4) is 0 Å². The fraction of sp³-hybridized carbons (Fsp3) is 1.00. The first-order valence-corrected chi connectivity index (χ1v) is 27.8. The van der Waals surface area contributed by atoms with Crippen molar-refractivity contribution in [2.75, 3.05) is 32.8 Å². The summed E-state index contributed by atoms with van der Waals surface area (Å²) in [7, 11) is 0. The van der Waals surface area contributed by atoms with Gasteiger partial charge < -0.3 is 0 Å². The van der Waals surface area contributed by atoms with Gasteiger partial charge in [-0.1, -0.05) is 0 Å². The first-order chi connectivity index (χ1) is 26.7. The zero-order valence-electron chi connectivity index (χ0n) is 38.6. The Balaban J connectivity index is 5.63. The Labute approximate surface area is 351 Å². The third-order valence-electron chi connectivity index (χ3n) is 11.9. The van der Waals surface area contributed by atoms with Gasteiger partial charge in [-0.2, -0.15) is 0 Å². The zero-order valence-corrected chi connectivity index (χ0v) is 40.2. The van der Waals surface area contributed by atoms with E-state index in [1.807, 2.05) is 0 Å². The monoisotopic (exact) mass is 798 g/mol. The quantitative estimate of drug-likeness (QED) is 0.0450. The molecule has 0 aromatic heterocycles. The fourth-order valence-electron chi connectivity index (χ4n) is 8.13. The van der Waals surface area contributed by atoms with Crippen LogP contribution in [0.2, 0.25) is 0 Å². The van der Waals surface area contributed by atoms with Gasteiger partial charge in [0.25, 0.3) is 0 Å². The molecule has 0 saturated carbocycles. The summed E-state index contributed by atoms with van der Waals surface area (Å²) < 4.78 is 13.4. The molecule has 0 aromatic carbocycles. The number of unbranched alkanes of at least 4 members (excludes halogenated alkanes) is 35. The average Bonchev–Trinajstić information content (AvgIpc) is 3.18. The minimum absolute atomic E-state index is 1.01. The summed E-state index contributed by atoms with van der Waals surface area (Å²) >= 11 is -2.04. The zero-order chi connectivity index (χ0) is 39.3. The molecular formula is C50H105N2OTi. The van der Waals surface area contributed by atoms with E-state index in [1.54, 1.807) is 0 Å². The summed E-state index contributed by atoms with van der Waals surface area (Å²) in [6, 6.07) is 0. The van der Waals surface area contributed by atoms with E-state index in [0.717, 1.165) is 6.61 Å². The molecule has 0 radical (unpaired) electrons. The molecule has 0 atom stereocenters. The molecule has 0 rings (SSSR count). The second-order valence-electron chi connectivity index (χ2n) is 17.5. The van der Waals surface area contributed by atoms with Gasteiger partial charge in [0.05, 0.1) is 0 Å². The Morgan fingerprint density at radius 3 is 0.648 bits per heavy atom. The molecule has 0 heterocycles. The van der Waals surface area contributed by atoms with Crippen LogP contribution in [-0.4, -0.2) is 39.5 Å². The summed E-state index contributed by atoms with van der Waals surface area (Å²) in [4.78, 5) is 0. The van der Waals surface area contributed by atoms with E-state index < -0.39 is 18.8 Å². The van der Waals surface area contributed by atoms with Crippen molar-refractivity contribution in [3.05, 3.63) is 0 Å². The van der Waals surface area contributed by atoms with E-state index in [-0.39, 0.29) is 0 Å². The van der Waals surface area contributed by atoms with E-state index in [0.29, 0.717) is 0 Å². The maximum absolute atomic E-state index is 7.32. The summed E-state index contributed by atoms with van der Waals surface area (Å²) in [5.74, 6) is 0. The van der Waals surface area contributed by atoms with Crippen LogP contribution in [0.4, 0.5) is 0 Å². The van der Waals surface area contributed by atoms with Gasteiger partial charge in [-0.05, 0) is 0 Å². The standard InChI is InChI=1S/2C20H42N.C10H21O.Ti/c2*1-3-5-7-9-11-13-15-17-19-21-20-18-16-14-12-10-8-6-4-2;1-2-3-4-5-6-7-8-9-10-11;/h2*3-20H2,1-2H3;2-10H2,1H3;/q3*-1;+3. The molecule has 325 valence electrons. The van der Waals surface area contributed by atoms with E-state index in [4.69, 9.17) is 3.32 Å². The Morgan fingerprint density at radius 1 is 0.241 bits per heavy atom. The molecule has 3 nitrogen and oxygen atoms in total. The van der Waals surface area contributed by atoms with Crippen molar-refractivity contribution in [1.82, 2.24) is 6.76 Å². The van der Waals surface area contributed by atoms with E-state index in [9.17, 15) is 0 Å². The van der Waals surface area contributed by atoms with Gasteiger partial charge >= 0.3 is 353 Å². The third-order valence-corrected chi connectivity index (χ3v) is 15.7. The van der Waals surface area contributed by atoms with Gasteiger partial charge in [-0.25, -0.2) is 0 Å². The molecule has 0 aliphatic rings. The van der Waals surface area contributed by atoms with Crippen LogP contribution in [0.5, 0.6) is 0 Å². The van der Waals surface area contributed by atoms with Crippen molar-refractivity contribution in [2.24, 2.45) is 0 Å². The van der Waals surface area contributed by atoms with Crippen molar-refractivity contribution >= 4 is 0 Å². The summed E-state index contributed by atoms with van der Waals surface area (Å²) in [6.45, 7) is 17.9. The average molecular weight is 798 g/mol. The van der Waals surface area contributed by atoms with Crippen LogP contribution in [0.1, 0.15) is 291 Å². The predicted molar refractivity (Wildman–Crippen MR) is 242 cm³/mol. The van der Waals surface area contributed by atoms with Crippen LogP contribution in [-0.2, 0) is 22.1 Å².